The Morgan fingerprint density at radius 1 is 0.791 bits per heavy atom. The van der Waals surface area contributed by atoms with E-state index in [1.54, 1.807) is 60.7 Å². The van der Waals surface area contributed by atoms with Gasteiger partial charge in [0.25, 0.3) is 0 Å². The Balaban J connectivity index is 1.77. The summed E-state index contributed by atoms with van der Waals surface area (Å²) in [4.78, 5) is 50.5. The highest BCUT2D eigenvalue weighted by atomic mass is 16.8. The van der Waals surface area contributed by atoms with Gasteiger partial charge in [0.05, 0.1) is 24.3 Å². The van der Waals surface area contributed by atoms with Gasteiger partial charge >= 0.3 is 23.9 Å². The van der Waals surface area contributed by atoms with Crippen LogP contribution in [0.25, 0.3) is 0 Å². The van der Waals surface area contributed by atoms with Gasteiger partial charge in [-0.1, -0.05) is 66.7 Å². The summed E-state index contributed by atoms with van der Waals surface area (Å²) in [7, 11) is 0. The molecular formula is C32H32O11. The van der Waals surface area contributed by atoms with E-state index in [0.29, 0.717) is 0 Å². The lowest BCUT2D eigenvalue weighted by Gasteiger charge is -2.38. The first-order valence-corrected chi connectivity index (χ1v) is 13.5. The Hall–Kier alpha value is -4.58. The summed E-state index contributed by atoms with van der Waals surface area (Å²) >= 11 is 0. The molecule has 43 heavy (non-hydrogen) atoms. The number of carbonyl (C=O) groups excluding carboxylic acids is 4. The molecule has 5 atom stereocenters. The lowest BCUT2D eigenvalue weighted by molar-refractivity contribution is -0.233. The summed E-state index contributed by atoms with van der Waals surface area (Å²) in [5.41, 5.74) is -0.909. The van der Waals surface area contributed by atoms with E-state index >= 15 is 0 Å². The molecule has 0 saturated carbocycles. The average molecular weight is 593 g/mol. The first-order chi connectivity index (χ1) is 20.7. The number of hydrogen-bond acceptors (Lipinski definition) is 11. The minimum absolute atomic E-state index is 0.0570. The molecule has 1 aliphatic heterocycles. The van der Waals surface area contributed by atoms with Crippen LogP contribution in [0, 0.1) is 0 Å². The van der Waals surface area contributed by atoms with E-state index in [1.807, 2.05) is 6.07 Å². The minimum Gasteiger partial charge on any atom is -0.459 e. The van der Waals surface area contributed by atoms with Crippen molar-refractivity contribution in [3.63, 3.8) is 0 Å². The van der Waals surface area contributed by atoms with E-state index in [-0.39, 0.29) is 17.7 Å². The summed E-state index contributed by atoms with van der Waals surface area (Å²) in [6, 6.07) is 25.1. The van der Waals surface area contributed by atoms with Crippen molar-refractivity contribution in [1.29, 1.82) is 0 Å². The molecule has 0 radical (unpaired) electrons. The molecule has 1 saturated heterocycles. The van der Waals surface area contributed by atoms with Crippen LogP contribution in [0.3, 0.4) is 0 Å². The van der Waals surface area contributed by atoms with Gasteiger partial charge in [0, 0.05) is 13.8 Å². The minimum atomic E-state index is -2.02. The lowest BCUT2D eigenvalue weighted by atomic mass is 9.89. The number of rotatable bonds is 12. The van der Waals surface area contributed by atoms with Crippen molar-refractivity contribution in [2.24, 2.45) is 0 Å². The fraction of sp³-hybridized carbons (Fsp3) is 0.312. The number of benzene rings is 3. The summed E-state index contributed by atoms with van der Waals surface area (Å²) in [6.07, 6.45) is -5.89. The molecule has 0 bridgehead atoms. The van der Waals surface area contributed by atoms with Gasteiger partial charge in [0.15, 0.2) is 17.8 Å². The number of carbonyl (C=O) groups is 4. The average Bonchev–Trinajstić information content (AvgIpc) is 3.29. The van der Waals surface area contributed by atoms with E-state index in [2.05, 4.69) is 0 Å². The molecule has 11 heteroatoms. The number of aliphatic hydroxyl groups excluding tert-OH is 1. The van der Waals surface area contributed by atoms with Crippen LogP contribution in [0.15, 0.2) is 91.0 Å². The van der Waals surface area contributed by atoms with Gasteiger partial charge in [-0.15, -0.1) is 0 Å². The maximum Gasteiger partial charge on any atom is 0.338 e. The van der Waals surface area contributed by atoms with Crippen molar-refractivity contribution >= 4 is 23.9 Å². The molecule has 1 N–H and O–H groups in total. The molecule has 1 unspecified atom stereocenters. The van der Waals surface area contributed by atoms with Gasteiger partial charge in [-0.05, 0) is 29.8 Å². The van der Waals surface area contributed by atoms with Gasteiger partial charge in [0.1, 0.15) is 12.7 Å². The fourth-order valence-electron chi connectivity index (χ4n) is 4.70. The summed E-state index contributed by atoms with van der Waals surface area (Å²) < 4.78 is 34.7. The van der Waals surface area contributed by atoms with Crippen molar-refractivity contribution in [3.8, 4) is 0 Å². The van der Waals surface area contributed by atoms with Crippen LogP contribution in [-0.2, 0) is 44.6 Å². The summed E-state index contributed by atoms with van der Waals surface area (Å²) in [5, 5.41) is 10.6. The van der Waals surface area contributed by atoms with Gasteiger partial charge in [-0.3, -0.25) is 9.59 Å². The molecule has 3 aromatic rings. The largest absolute Gasteiger partial charge is 0.459 e. The first kappa shape index (κ1) is 31.4. The van der Waals surface area contributed by atoms with Crippen molar-refractivity contribution in [1.82, 2.24) is 0 Å². The topological polar surface area (TPSA) is 144 Å². The third-order valence-electron chi connectivity index (χ3n) is 6.65. The number of aliphatic hydroxyl groups is 1. The zero-order valence-electron chi connectivity index (χ0n) is 23.6. The van der Waals surface area contributed by atoms with Gasteiger partial charge in [-0.2, -0.15) is 0 Å². The second-order valence-corrected chi connectivity index (χ2v) is 9.73. The highest BCUT2D eigenvalue weighted by molar-refractivity contribution is 5.90. The second-order valence-electron chi connectivity index (χ2n) is 9.73. The van der Waals surface area contributed by atoms with E-state index < -0.39 is 67.3 Å². The summed E-state index contributed by atoms with van der Waals surface area (Å²) in [5.74, 6) is -3.10. The molecule has 3 aromatic carbocycles. The number of ether oxygens (including phenoxy) is 6. The van der Waals surface area contributed by atoms with Gasteiger partial charge < -0.3 is 33.5 Å². The first-order valence-electron chi connectivity index (χ1n) is 13.5. The maximum absolute atomic E-state index is 13.2. The van der Waals surface area contributed by atoms with Crippen molar-refractivity contribution in [2.45, 2.75) is 50.7 Å². The number of esters is 4. The van der Waals surface area contributed by atoms with Crippen molar-refractivity contribution < 1.29 is 52.7 Å². The normalized spacial score (nSPS) is 21.8. The predicted molar refractivity (Wildman–Crippen MR) is 149 cm³/mol. The van der Waals surface area contributed by atoms with Crippen LogP contribution in [-0.4, -0.2) is 72.4 Å². The Kier molecular flexibility index (Phi) is 10.6. The maximum atomic E-state index is 13.2. The molecule has 1 aliphatic rings. The standard InChI is InChI=1S/C32H32O11/c1-21(34)40-27-28(38-19-23-12-6-3-7-13-23)32(43-31(27)41-22(2)35,20-39-29(36)24-14-8-4-9-15-24)26(18-33)42-30(37)25-16-10-5-11-17-25/h3-17,26-28,31,33H,18-20H2,1-2H3/t26-,27-,28-,31?,32-/m1/s1. The van der Waals surface area contributed by atoms with E-state index in [0.717, 1.165) is 19.4 Å². The summed E-state index contributed by atoms with van der Waals surface area (Å²) in [6.45, 7) is 0.740. The fourth-order valence-corrected chi connectivity index (χ4v) is 4.70. The van der Waals surface area contributed by atoms with Crippen LogP contribution in [0.1, 0.15) is 40.1 Å². The molecule has 1 fully saturated rings. The highest BCUT2D eigenvalue weighted by Gasteiger charge is 2.65. The van der Waals surface area contributed by atoms with Crippen molar-refractivity contribution in [2.75, 3.05) is 13.2 Å². The molecule has 226 valence electrons. The molecule has 0 amide bonds. The Morgan fingerprint density at radius 3 is 1.86 bits per heavy atom. The smallest absolute Gasteiger partial charge is 0.338 e. The zero-order chi connectivity index (χ0) is 30.8. The molecular weight excluding hydrogens is 560 g/mol. The van der Waals surface area contributed by atoms with E-state index in [9.17, 15) is 24.3 Å². The Morgan fingerprint density at radius 2 is 1.33 bits per heavy atom. The van der Waals surface area contributed by atoms with Gasteiger partial charge in [-0.25, -0.2) is 9.59 Å². The SMILES string of the molecule is CC(=O)OC1O[C@](COC(=O)c2ccccc2)([C@@H](CO)OC(=O)c2ccccc2)[C@H](OCc2ccccc2)[C@H]1OC(C)=O. The lowest BCUT2D eigenvalue weighted by Crippen LogP contribution is -2.60. The van der Waals surface area contributed by atoms with E-state index in [4.69, 9.17) is 28.4 Å². The van der Waals surface area contributed by atoms with Crippen LogP contribution < -0.4 is 0 Å². The van der Waals surface area contributed by atoms with Crippen LogP contribution >= 0.6 is 0 Å². The van der Waals surface area contributed by atoms with Crippen LogP contribution in [0.4, 0.5) is 0 Å². The molecule has 0 spiro atoms. The molecule has 11 nitrogen and oxygen atoms in total. The monoisotopic (exact) mass is 592 g/mol. The zero-order valence-corrected chi connectivity index (χ0v) is 23.6. The van der Waals surface area contributed by atoms with E-state index in [1.165, 1.54) is 24.3 Å². The highest BCUT2D eigenvalue weighted by Crippen LogP contribution is 2.41. The van der Waals surface area contributed by atoms with Gasteiger partial charge in [0.2, 0.25) is 6.29 Å². The molecule has 0 aromatic heterocycles. The third kappa shape index (κ3) is 7.83. The van der Waals surface area contributed by atoms with Crippen molar-refractivity contribution in [3.05, 3.63) is 108 Å². The predicted octanol–water partition coefficient (Wildman–Crippen LogP) is 3.24. The second kappa shape index (κ2) is 14.5. The quantitative estimate of drug-likeness (QED) is 0.244. The Labute approximate surface area is 248 Å². The van der Waals surface area contributed by atoms with Crippen LogP contribution in [0.2, 0.25) is 0 Å². The molecule has 4 rings (SSSR count). The Bertz CT molecular complexity index is 1380. The van der Waals surface area contributed by atoms with Crippen LogP contribution in [0.5, 0.6) is 0 Å². The molecule has 1 heterocycles. The molecule has 0 aliphatic carbocycles. The third-order valence-corrected chi connectivity index (χ3v) is 6.65. The number of hydrogen-bond donors (Lipinski definition) is 1.